The van der Waals surface area contributed by atoms with Crippen LogP contribution in [0.15, 0.2) is 121 Å². The van der Waals surface area contributed by atoms with Crippen LogP contribution in [0.25, 0.3) is 0 Å². The number of nitrogens with zero attached hydrogens (tertiary/aromatic N) is 4. The highest BCUT2D eigenvalue weighted by Crippen LogP contribution is 2.77. The zero-order valence-electron chi connectivity index (χ0n) is 38.5. The van der Waals surface area contributed by atoms with Crippen molar-refractivity contribution in [2.75, 3.05) is 19.6 Å². The number of fused-ring (bicyclic) bond motifs is 3. The van der Waals surface area contributed by atoms with Gasteiger partial charge in [-0.2, -0.15) is 0 Å². The number of para-hydroxylation sites is 4. The summed E-state index contributed by atoms with van der Waals surface area (Å²) in [6.45, 7) is 0. The Labute approximate surface area is 395 Å². The minimum Gasteiger partial charge on any atom is -0.373 e. The molecule has 12 fully saturated rings. The summed E-state index contributed by atoms with van der Waals surface area (Å²) in [5.41, 5.74) is 10.0. The molecule has 20 unspecified atom stereocenters. The molecule has 20 atom stereocenters. The molecule has 4 aromatic rings. The van der Waals surface area contributed by atoms with Gasteiger partial charge in [-0.25, -0.2) is 0 Å². The number of anilines is 4. The van der Waals surface area contributed by atoms with E-state index in [-0.39, 0.29) is 15.8 Å². The van der Waals surface area contributed by atoms with Crippen molar-refractivity contribution in [1.82, 2.24) is 0 Å². The summed E-state index contributed by atoms with van der Waals surface area (Å²) in [6, 6.07) is 52.1. The summed E-state index contributed by atoms with van der Waals surface area (Å²) in [6.07, 6.45) is 19.9. The van der Waals surface area contributed by atoms with Crippen molar-refractivity contribution in [2.24, 2.45) is 11.8 Å². The maximum absolute atomic E-state index is 8.24. The molecule has 0 aromatic heterocycles. The lowest BCUT2D eigenvalue weighted by molar-refractivity contribution is -0.177. The highest BCUT2D eigenvalue weighted by atomic mass is 31.1. The molecule has 12 aliphatic rings. The Morgan fingerprint density at radius 1 is 0.333 bits per heavy atom. The van der Waals surface area contributed by atoms with Crippen LogP contribution in [-0.4, -0.2) is 107 Å². The highest BCUT2D eigenvalue weighted by molar-refractivity contribution is 7.61. The number of benzene rings is 4. The Morgan fingerprint density at radius 2 is 0.636 bits per heavy atom. The first kappa shape index (κ1) is 39.7. The van der Waals surface area contributed by atoms with E-state index in [1.54, 1.807) is 0 Å². The maximum Gasteiger partial charge on any atom is 0.0722 e. The summed E-state index contributed by atoms with van der Waals surface area (Å²) < 4.78 is 16.5. The molecule has 6 aliphatic heterocycles. The van der Waals surface area contributed by atoms with Crippen LogP contribution in [0.4, 0.5) is 22.7 Å². The zero-order chi connectivity index (χ0) is 42.8. The molecule has 6 saturated heterocycles. The van der Waals surface area contributed by atoms with Crippen molar-refractivity contribution in [3.63, 3.8) is 0 Å². The van der Waals surface area contributed by atoms with Crippen LogP contribution in [0.3, 0.4) is 0 Å². The lowest BCUT2D eigenvalue weighted by Gasteiger charge is -2.76. The van der Waals surface area contributed by atoms with Crippen molar-refractivity contribution in [2.45, 2.75) is 197 Å². The highest BCUT2D eigenvalue weighted by Gasteiger charge is 2.74. The first-order valence-corrected chi connectivity index (χ1v) is 30.1. The van der Waals surface area contributed by atoms with Crippen LogP contribution in [0, 0.1) is 11.8 Å². The van der Waals surface area contributed by atoms with Gasteiger partial charge in [0.1, 0.15) is 0 Å². The maximum atomic E-state index is 8.24. The van der Waals surface area contributed by atoms with Gasteiger partial charge in [0.25, 0.3) is 0 Å². The molecule has 6 heterocycles. The van der Waals surface area contributed by atoms with E-state index in [0.29, 0.717) is 107 Å². The molecule has 0 bridgehead atoms. The molecule has 0 amide bonds. The van der Waals surface area contributed by atoms with Crippen molar-refractivity contribution < 1.29 is 9.47 Å². The van der Waals surface area contributed by atoms with Crippen molar-refractivity contribution in [3.05, 3.63) is 121 Å². The Balaban J connectivity index is 0.866. The Morgan fingerprint density at radius 3 is 0.985 bits per heavy atom. The molecule has 16 rings (SSSR count). The lowest BCUT2D eigenvalue weighted by Crippen LogP contribution is -2.81. The lowest BCUT2D eigenvalue weighted by atomic mass is 9.62. The second-order valence-electron chi connectivity index (χ2n) is 23.2. The molecule has 342 valence electrons. The van der Waals surface area contributed by atoms with Gasteiger partial charge in [-0.3, -0.25) is 0 Å². The largest absolute Gasteiger partial charge is 0.373 e. The molecular weight excluding hydrogens is 847 g/mol. The third-order valence-electron chi connectivity index (χ3n) is 20.8. The van der Waals surface area contributed by atoms with Crippen LogP contribution in [-0.2, 0) is 9.47 Å². The van der Waals surface area contributed by atoms with Gasteiger partial charge in [-0.1, -0.05) is 88.6 Å². The number of ether oxygens (including phenoxy) is 2. The van der Waals surface area contributed by atoms with E-state index >= 15 is 0 Å². The average molecular weight is 915 g/mol. The van der Waals surface area contributed by atoms with E-state index in [9.17, 15) is 0 Å². The Hall–Kier alpha value is -3.14. The van der Waals surface area contributed by atoms with E-state index < -0.39 is 0 Å². The second-order valence-corrected chi connectivity index (χ2v) is 28.5. The first-order valence-electron chi connectivity index (χ1n) is 27.0. The van der Waals surface area contributed by atoms with Crippen LogP contribution in [0.2, 0.25) is 0 Å². The molecule has 4 aromatic carbocycles. The zero-order valence-corrected chi connectivity index (χ0v) is 40.3. The molecular formula is C58H68N4O2P2. The molecule has 6 nitrogen and oxygen atoms in total. The average Bonchev–Trinajstić information content (AvgIpc) is 3.37. The summed E-state index contributed by atoms with van der Waals surface area (Å²) >= 11 is 0. The number of hydrogen-bond donors (Lipinski definition) is 0. The third kappa shape index (κ3) is 5.41. The summed E-state index contributed by atoms with van der Waals surface area (Å²) in [7, 11) is -0.534. The van der Waals surface area contributed by atoms with Gasteiger partial charge < -0.3 is 29.1 Å². The van der Waals surface area contributed by atoms with Crippen LogP contribution < -0.4 is 19.6 Å². The standard InChI is InChI=1S/C58H68N4O2P2/c1-5-17-36(18-6-1)59-40-25-13-27-42-53(40)65-55-44(59)29-15-31-48(55)63-51-50-35(33-46(57(51)65)61(42)38-21-9-3-10-22-38)34-47-58-52(50)64-49-32-16-30-45-56(49)66(58)54-41(60(45)37-19-7-2-8-20-37)26-14-28-43(54)62(47)39-23-11-4-12-24-39/h1-12,17-24,35,40-58H,13-16,25-34H2. The minimum absolute atomic E-state index is 0.267. The first-order chi connectivity index (χ1) is 32.8. The van der Waals surface area contributed by atoms with Gasteiger partial charge in [0.05, 0.1) is 24.4 Å². The van der Waals surface area contributed by atoms with Crippen LogP contribution in [0.5, 0.6) is 0 Å². The third-order valence-corrected chi connectivity index (χ3v) is 28.9. The molecule has 66 heavy (non-hydrogen) atoms. The van der Waals surface area contributed by atoms with E-state index in [0.717, 1.165) is 11.3 Å². The van der Waals surface area contributed by atoms with Gasteiger partial charge in [-0.05, 0) is 144 Å². The fraction of sp³-hybridized carbons (Fsp3) is 0.586. The molecule has 8 heteroatoms. The van der Waals surface area contributed by atoms with Gasteiger partial charge in [0.2, 0.25) is 0 Å². The van der Waals surface area contributed by atoms with Crippen LogP contribution >= 0.6 is 15.8 Å². The number of hydrogen-bond acceptors (Lipinski definition) is 6. The predicted octanol–water partition coefficient (Wildman–Crippen LogP) is 11.5. The van der Waals surface area contributed by atoms with Crippen molar-refractivity contribution in [3.8, 4) is 0 Å². The van der Waals surface area contributed by atoms with Gasteiger partial charge >= 0.3 is 0 Å². The second kappa shape index (κ2) is 15.2. The van der Waals surface area contributed by atoms with Crippen LogP contribution in [0.1, 0.15) is 89.9 Å². The topological polar surface area (TPSA) is 31.4 Å². The molecule has 0 N–H and O–H groups in total. The number of rotatable bonds is 4. The smallest absolute Gasteiger partial charge is 0.0722 e. The SMILES string of the molecule is c1ccc(N2C3CCCC4OC5C6C(CC7C5P(C43)C3C2CCCC3N7c2ccccc2)CC2C3C6OC4CCCC5C4P3C3C(CCCC3N2c2ccccc2)N5c2ccccc2)cc1. The minimum atomic E-state index is -0.267. The molecule has 6 aliphatic carbocycles. The van der Waals surface area contributed by atoms with Gasteiger partial charge in [-0.15, -0.1) is 0 Å². The van der Waals surface area contributed by atoms with E-state index in [1.165, 1.54) is 113 Å². The summed E-state index contributed by atoms with van der Waals surface area (Å²) in [4.78, 5) is 12.3. The Bertz CT molecular complexity index is 2270. The van der Waals surface area contributed by atoms with E-state index in [1.807, 2.05) is 0 Å². The van der Waals surface area contributed by atoms with E-state index in [2.05, 4.69) is 141 Å². The van der Waals surface area contributed by atoms with Gasteiger partial charge in [0, 0.05) is 111 Å². The Kier molecular flexibility index (Phi) is 9.13. The quantitative estimate of drug-likeness (QED) is 0.190. The fourth-order valence-electron chi connectivity index (χ4n) is 19.3. The molecule has 0 radical (unpaired) electrons. The summed E-state index contributed by atoms with van der Waals surface area (Å²) in [5.74, 6) is 1.12. The normalized spacial score (nSPS) is 47.5. The monoisotopic (exact) mass is 914 g/mol. The predicted molar refractivity (Wildman–Crippen MR) is 271 cm³/mol. The molecule has 0 spiro atoms. The summed E-state index contributed by atoms with van der Waals surface area (Å²) in [5, 5.41) is 0. The van der Waals surface area contributed by atoms with Crippen molar-refractivity contribution >= 4 is 38.6 Å². The molecule has 6 saturated carbocycles. The van der Waals surface area contributed by atoms with Gasteiger partial charge in [0.15, 0.2) is 0 Å². The van der Waals surface area contributed by atoms with Crippen molar-refractivity contribution in [1.29, 1.82) is 0 Å². The van der Waals surface area contributed by atoms with E-state index in [4.69, 9.17) is 9.47 Å². The fourth-order valence-corrected chi connectivity index (χ4v) is 29.5.